The fraction of sp³-hybridized carbons (Fsp3) is 0.240. The highest BCUT2D eigenvalue weighted by molar-refractivity contribution is 7.08. The standard InChI is InChI=1S/C25H26N8O2S/c1-4-32-15-27-24(31-32)30-21(34)18-13-19-20(28-22(18)35-3)29-23(33(19)5-2)25(26,17-11-12-36-14-17)16-9-7-6-8-10-16/h6-15H,4-5,26H2,1-3H3,(H,30,31,34). The number of imidazole rings is 1. The molecule has 0 bridgehead atoms. The summed E-state index contributed by atoms with van der Waals surface area (Å²) < 4.78 is 9.09. The number of pyridine rings is 1. The van der Waals surface area contributed by atoms with Crippen molar-refractivity contribution in [2.75, 3.05) is 12.4 Å². The summed E-state index contributed by atoms with van der Waals surface area (Å²) in [5.74, 6) is 0.553. The third kappa shape index (κ3) is 3.91. The Labute approximate surface area is 211 Å². The van der Waals surface area contributed by atoms with Gasteiger partial charge in [0.15, 0.2) is 5.65 Å². The lowest BCUT2D eigenvalue weighted by Gasteiger charge is -2.29. The smallest absolute Gasteiger partial charge is 0.263 e. The van der Waals surface area contributed by atoms with Gasteiger partial charge in [-0.1, -0.05) is 30.3 Å². The number of fused-ring (bicyclic) bond motifs is 1. The van der Waals surface area contributed by atoms with E-state index in [1.807, 2.05) is 65.6 Å². The van der Waals surface area contributed by atoms with Crippen LogP contribution in [0.2, 0.25) is 0 Å². The minimum atomic E-state index is -1.02. The maximum Gasteiger partial charge on any atom is 0.263 e. The molecule has 3 N–H and O–H groups in total. The largest absolute Gasteiger partial charge is 0.480 e. The Bertz CT molecular complexity index is 1510. The summed E-state index contributed by atoms with van der Waals surface area (Å²) in [7, 11) is 1.47. The van der Waals surface area contributed by atoms with Crippen molar-refractivity contribution >= 4 is 34.4 Å². The number of amides is 1. The second-order valence-electron chi connectivity index (χ2n) is 8.13. The van der Waals surface area contributed by atoms with Gasteiger partial charge < -0.3 is 15.0 Å². The number of rotatable bonds is 8. The van der Waals surface area contributed by atoms with Crippen LogP contribution in [0.1, 0.15) is 41.2 Å². The number of nitrogens with two attached hydrogens (primary N) is 1. The number of nitrogens with one attached hydrogen (secondary N) is 1. The van der Waals surface area contributed by atoms with Crippen molar-refractivity contribution in [3.8, 4) is 5.88 Å². The molecule has 0 fully saturated rings. The predicted molar refractivity (Wildman–Crippen MR) is 138 cm³/mol. The van der Waals surface area contributed by atoms with Crippen LogP contribution in [0.3, 0.4) is 0 Å². The van der Waals surface area contributed by atoms with Crippen molar-refractivity contribution in [1.29, 1.82) is 0 Å². The molecule has 5 aromatic rings. The molecule has 36 heavy (non-hydrogen) atoms. The Balaban J connectivity index is 1.66. The zero-order valence-corrected chi connectivity index (χ0v) is 21.0. The summed E-state index contributed by atoms with van der Waals surface area (Å²) in [5.41, 5.74) is 9.36. The summed E-state index contributed by atoms with van der Waals surface area (Å²) in [4.78, 5) is 26.8. The molecule has 0 saturated heterocycles. The van der Waals surface area contributed by atoms with E-state index in [0.29, 0.717) is 30.1 Å². The zero-order valence-electron chi connectivity index (χ0n) is 20.2. The van der Waals surface area contributed by atoms with E-state index in [4.69, 9.17) is 15.5 Å². The first kappa shape index (κ1) is 23.6. The number of methoxy groups -OCH3 is 1. The molecule has 4 aromatic heterocycles. The highest BCUT2D eigenvalue weighted by Gasteiger charge is 2.38. The number of carbonyl (C=O) groups excluding carboxylic acids is 1. The van der Waals surface area contributed by atoms with Crippen LogP contribution >= 0.6 is 11.3 Å². The van der Waals surface area contributed by atoms with E-state index in [0.717, 1.165) is 11.1 Å². The number of carbonyl (C=O) groups is 1. The van der Waals surface area contributed by atoms with E-state index < -0.39 is 11.4 Å². The van der Waals surface area contributed by atoms with E-state index in [-0.39, 0.29) is 17.4 Å². The fourth-order valence-electron chi connectivity index (χ4n) is 4.26. The minimum absolute atomic E-state index is 0.153. The number of ether oxygens (including phenoxy) is 1. The first-order valence-electron chi connectivity index (χ1n) is 11.5. The van der Waals surface area contributed by atoms with Gasteiger partial charge in [-0.3, -0.25) is 14.8 Å². The van der Waals surface area contributed by atoms with E-state index in [1.54, 1.807) is 28.4 Å². The predicted octanol–water partition coefficient (Wildman–Crippen LogP) is 3.64. The number of thiophene rings is 1. The van der Waals surface area contributed by atoms with Crippen molar-refractivity contribution < 1.29 is 9.53 Å². The molecule has 1 aromatic carbocycles. The first-order valence-corrected chi connectivity index (χ1v) is 12.5. The van der Waals surface area contributed by atoms with Crippen molar-refractivity contribution in [1.82, 2.24) is 29.3 Å². The molecule has 1 atom stereocenters. The molecule has 184 valence electrons. The lowest BCUT2D eigenvalue weighted by Crippen LogP contribution is -2.41. The maximum absolute atomic E-state index is 13.2. The van der Waals surface area contributed by atoms with E-state index in [1.165, 1.54) is 7.11 Å². The van der Waals surface area contributed by atoms with Crippen LogP contribution in [-0.2, 0) is 18.6 Å². The summed E-state index contributed by atoms with van der Waals surface area (Å²) >= 11 is 1.57. The number of nitrogens with zero attached hydrogens (tertiary/aromatic N) is 6. The van der Waals surface area contributed by atoms with Gasteiger partial charge in [0.1, 0.15) is 23.3 Å². The highest BCUT2D eigenvalue weighted by atomic mass is 32.1. The zero-order chi connectivity index (χ0) is 25.3. The summed E-state index contributed by atoms with van der Waals surface area (Å²) in [6.07, 6.45) is 1.56. The van der Waals surface area contributed by atoms with Gasteiger partial charge in [-0.2, -0.15) is 16.3 Å². The Morgan fingerprint density at radius 1 is 1.14 bits per heavy atom. The van der Waals surface area contributed by atoms with Crippen LogP contribution in [0.4, 0.5) is 5.95 Å². The van der Waals surface area contributed by atoms with Gasteiger partial charge in [0.05, 0.1) is 12.6 Å². The minimum Gasteiger partial charge on any atom is -0.480 e. The molecule has 1 unspecified atom stereocenters. The maximum atomic E-state index is 13.2. The van der Waals surface area contributed by atoms with Gasteiger partial charge in [-0.15, -0.1) is 5.10 Å². The van der Waals surface area contributed by atoms with Crippen LogP contribution in [0.25, 0.3) is 11.2 Å². The molecule has 0 aliphatic heterocycles. The lowest BCUT2D eigenvalue weighted by molar-refractivity contribution is 0.102. The lowest BCUT2D eigenvalue weighted by atomic mass is 9.84. The Morgan fingerprint density at radius 3 is 2.58 bits per heavy atom. The van der Waals surface area contributed by atoms with Gasteiger partial charge in [-0.25, -0.2) is 9.97 Å². The second-order valence-corrected chi connectivity index (χ2v) is 8.91. The third-order valence-corrected chi connectivity index (χ3v) is 6.79. The quantitative estimate of drug-likeness (QED) is 0.332. The van der Waals surface area contributed by atoms with Crippen molar-refractivity contribution in [3.05, 3.63) is 82.1 Å². The summed E-state index contributed by atoms with van der Waals surface area (Å²) in [6.45, 7) is 5.16. The third-order valence-electron chi connectivity index (χ3n) is 6.10. The average molecular weight is 503 g/mol. The van der Waals surface area contributed by atoms with Crippen LogP contribution < -0.4 is 15.8 Å². The SMILES string of the molecule is CCn1cnc(NC(=O)c2cc3c(nc2OC)nc(C(N)(c2ccccc2)c2ccsc2)n3CC)n1. The first-order chi connectivity index (χ1) is 17.5. The van der Waals surface area contributed by atoms with Gasteiger partial charge in [-0.05, 0) is 47.9 Å². The second kappa shape index (κ2) is 9.51. The van der Waals surface area contributed by atoms with Crippen LogP contribution in [0.15, 0.2) is 59.6 Å². The van der Waals surface area contributed by atoms with Gasteiger partial charge >= 0.3 is 0 Å². The van der Waals surface area contributed by atoms with Gasteiger partial charge in [0, 0.05) is 13.1 Å². The number of hydrogen-bond acceptors (Lipinski definition) is 8. The molecule has 4 heterocycles. The number of hydrogen-bond donors (Lipinski definition) is 2. The molecule has 0 radical (unpaired) electrons. The number of aryl methyl sites for hydroxylation is 2. The average Bonchev–Trinajstić information content (AvgIpc) is 3.67. The van der Waals surface area contributed by atoms with Crippen LogP contribution in [-0.4, -0.2) is 42.3 Å². The molecule has 5 rings (SSSR count). The van der Waals surface area contributed by atoms with Crippen LogP contribution in [0.5, 0.6) is 5.88 Å². The summed E-state index contributed by atoms with van der Waals surface area (Å²) in [5, 5.41) is 11.0. The Kier molecular flexibility index (Phi) is 6.25. The van der Waals surface area contributed by atoms with E-state index in [2.05, 4.69) is 20.4 Å². The highest BCUT2D eigenvalue weighted by Crippen LogP contribution is 2.37. The molecular weight excluding hydrogens is 476 g/mol. The Hall–Kier alpha value is -4.09. The molecule has 0 aliphatic carbocycles. The molecule has 0 saturated carbocycles. The monoisotopic (exact) mass is 502 g/mol. The van der Waals surface area contributed by atoms with Gasteiger partial charge in [0.25, 0.3) is 5.91 Å². The number of anilines is 1. The van der Waals surface area contributed by atoms with Crippen molar-refractivity contribution in [2.45, 2.75) is 32.5 Å². The molecular formula is C25H26N8O2S. The summed E-state index contributed by atoms with van der Waals surface area (Å²) in [6, 6.07) is 13.6. The molecule has 10 nitrogen and oxygen atoms in total. The van der Waals surface area contributed by atoms with Crippen LogP contribution in [0, 0.1) is 0 Å². The molecule has 1 amide bonds. The molecule has 11 heteroatoms. The van der Waals surface area contributed by atoms with E-state index in [9.17, 15) is 4.79 Å². The fourth-order valence-corrected chi connectivity index (χ4v) is 4.97. The topological polar surface area (TPSA) is 126 Å². The molecule has 0 aliphatic rings. The van der Waals surface area contributed by atoms with Crippen molar-refractivity contribution in [2.24, 2.45) is 5.73 Å². The Morgan fingerprint density at radius 2 is 1.94 bits per heavy atom. The molecule has 0 spiro atoms. The normalized spacial score (nSPS) is 13.0. The number of benzene rings is 1. The van der Waals surface area contributed by atoms with Crippen molar-refractivity contribution in [3.63, 3.8) is 0 Å². The van der Waals surface area contributed by atoms with Gasteiger partial charge in [0.2, 0.25) is 11.8 Å². The number of aromatic nitrogens is 6. The van der Waals surface area contributed by atoms with E-state index >= 15 is 0 Å².